The molecular weight excluding hydrogens is 226 g/mol. The molecule has 0 N–H and O–H groups in total. The zero-order valence-electron chi connectivity index (χ0n) is 9.20. The van der Waals surface area contributed by atoms with Gasteiger partial charge < -0.3 is 9.64 Å². The number of hydrogen-bond donors (Lipinski definition) is 0. The number of alkyl halides is 1. The number of carbonyl (C=O) groups excluding carboxylic acids is 1. The van der Waals surface area contributed by atoms with Crippen LogP contribution in [0.4, 0.5) is 5.69 Å². The third-order valence-corrected chi connectivity index (χ3v) is 2.84. The van der Waals surface area contributed by atoms with E-state index in [0.29, 0.717) is 12.4 Å². The summed E-state index contributed by atoms with van der Waals surface area (Å²) in [5.41, 5.74) is 1.98. The Kier molecular flexibility index (Phi) is 3.34. The van der Waals surface area contributed by atoms with Gasteiger partial charge in [-0.2, -0.15) is 0 Å². The highest BCUT2D eigenvalue weighted by Crippen LogP contribution is 2.32. The summed E-state index contributed by atoms with van der Waals surface area (Å²) in [4.78, 5) is 13.5. The summed E-state index contributed by atoms with van der Waals surface area (Å²) in [7, 11) is 0. The van der Waals surface area contributed by atoms with Crippen LogP contribution in [0.25, 0.3) is 0 Å². The molecule has 0 fully saturated rings. The molecule has 1 aromatic rings. The number of rotatable bonds is 3. The molecule has 0 radical (unpaired) electrons. The zero-order chi connectivity index (χ0) is 11.5. The number of hydrogen-bond acceptors (Lipinski definition) is 2. The van der Waals surface area contributed by atoms with Crippen molar-refractivity contribution in [2.24, 2.45) is 0 Å². The van der Waals surface area contributed by atoms with Gasteiger partial charge in [-0.05, 0) is 31.0 Å². The summed E-state index contributed by atoms with van der Waals surface area (Å²) in [6.07, 6.45) is 0.792. The highest BCUT2D eigenvalue weighted by atomic mass is 35.5. The molecule has 3 nitrogen and oxygen atoms in total. The van der Waals surface area contributed by atoms with Crippen LogP contribution in [0.3, 0.4) is 0 Å². The number of ether oxygens (including phenoxy) is 1. The number of benzene rings is 1. The molecule has 2 rings (SSSR count). The molecule has 1 heterocycles. The maximum atomic E-state index is 11.7. The van der Waals surface area contributed by atoms with Gasteiger partial charge in [0.1, 0.15) is 5.75 Å². The maximum Gasteiger partial charge on any atom is 0.265 e. The normalized spacial score (nSPS) is 14.6. The third-order valence-electron chi connectivity index (χ3n) is 2.57. The third kappa shape index (κ3) is 2.14. The van der Waals surface area contributed by atoms with Crippen LogP contribution in [-0.4, -0.2) is 24.9 Å². The molecule has 0 saturated carbocycles. The lowest BCUT2D eigenvalue weighted by atomic mass is 10.1. The van der Waals surface area contributed by atoms with E-state index in [1.54, 1.807) is 4.90 Å². The van der Waals surface area contributed by atoms with Crippen LogP contribution in [0, 0.1) is 6.92 Å². The Hall–Kier alpha value is -1.22. The molecule has 1 aromatic carbocycles. The lowest BCUT2D eigenvalue weighted by molar-refractivity contribution is -0.121. The van der Waals surface area contributed by atoms with E-state index in [4.69, 9.17) is 16.3 Å². The molecule has 16 heavy (non-hydrogen) atoms. The second-order valence-electron chi connectivity index (χ2n) is 3.85. The fourth-order valence-electron chi connectivity index (χ4n) is 1.78. The first-order chi connectivity index (χ1) is 7.72. The Morgan fingerprint density at radius 1 is 1.50 bits per heavy atom. The van der Waals surface area contributed by atoms with Crippen molar-refractivity contribution >= 4 is 23.2 Å². The maximum absolute atomic E-state index is 11.7. The number of amides is 1. The minimum Gasteiger partial charge on any atom is -0.482 e. The van der Waals surface area contributed by atoms with E-state index in [2.05, 4.69) is 0 Å². The molecule has 0 bridgehead atoms. The van der Waals surface area contributed by atoms with Gasteiger partial charge in [0.05, 0.1) is 5.69 Å². The molecule has 0 atom stereocenters. The monoisotopic (exact) mass is 239 g/mol. The summed E-state index contributed by atoms with van der Waals surface area (Å²) in [6, 6.07) is 5.86. The lowest BCUT2D eigenvalue weighted by Gasteiger charge is -2.29. The van der Waals surface area contributed by atoms with Crippen LogP contribution in [0.1, 0.15) is 12.0 Å². The van der Waals surface area contributed by atoms with E-state index in [-0.39, 0.29) is 12.5 Å². The Balaban J connectivity index is 2.31. The van der Waals surface area contributed by atoms with Crippen molar-refractivity contribution in [2.45, 2.75) is 13.3 Å². The largest absolute Gasteiger partial charge is 0.482 e. The highest BCUT2D eigenvalue weighted by Gasteiger charge is 2.24. The Morgan fingerprint density at radius 2 is 2.31 bits per heavy atom. The molecule has 0 spiro atoms. The van der Waals surface area contributed by atoms with Crippen LogP contribution in [0.2, 0.25) is 0 Å². The van der Waals surface area contributed by atoms with E-state index < -0.39 is 0 Å². The van der Waals surface area contributed by atoms with Gasteiger partial charge in [-0.1, -0.05) is 6.07 Å². The minimum atomic E-state index is 0.00298. The van der Waals surface area contributed by atoms with Gasteiger partial charge in [-0.25, -0.2) is 0 Å². The fourth-order valence-corrected chi connectivity index (χ4v) is 1.89. The molecule has 1 amide bonds. The van der Waals surface area contributed by atoms with Gasteiger partial charge in [-0.15, -0.1) is 11.6 Å². The number of fused-ring (bicyclic) bond motifs is 1. The first-order valence-electron chi connectivity index (χ1n) is 5.32. The summed E-state index contributed by atoms with van der Waals surface area (Å²) >= 11 is 5.66. The lowest BCUT2D eigenvalue weighted by Crippen LogP contribution is -2.39. The van der Waals surface area contributed by atoms with Crippen molar-refractivity contribution in [1.29, 1.82) is 0 Å². The number of halogens is 1. The fraction of sp³-hybridized carbons (Fsp3) is 0.417. The zero-order valence-corrected chi connectivity index (χ0v) is 9.96. The predicted octanol–water partition coefficient (Wildman–Crippen LogP) is 2.35. The first kappa shape index (κ1) is 11.3. The minimum absolute atomic E-state index is 0.00298. The summed E-state index contributed by atoms with van der Waals surface area (Å²) in [6.45, 7) is 2.78. The van der Waals surface area contributed by atoms with Crippen molar-refractivity contribution in [3.63, 3.8) is 0 Å². The summed E-state index contributed by atoms with van der Waals surface area (Å²) in [5.74, 6) is 1.34. The number of aryl methyl sites for hydroxylation is 1. The van der Waals surface area contributed by atoms with Crippen LogP contribution in [0.5, 0.6) is 5.75 Å². The predicted molar refractivity (Wildman–Crippen MR) is 64.4 cm³/mol. The van der Waals surface area contributed by atoms with E-state index in [9.17, 15) is 4.79 Å². The van der Waals surface area contributed by atoms with Gasteiger partial charge in [0.15, 0.2) is 6.61 Å². The molecule has 86 valence electrons. The molecule has 4 heteroatoms. The van der Waals surface area contributed by atoms with Crippen molar-refractivity contribution in [3.8, 4) is 5.75 Å². The van der Waals surface area contributed by atoms with E-state index in [0.717, 1.165) is 23.4 Å². The average molecular weight is 240 g/mol. The van der Waals surface area contributed by atoms with Gasteiger partial charge in [0.2, 0.25) is 0 Å². The van der Waals surface area contributed by atoms with Crippen LogP contribution in [0.15, 0.2) is 18.2 Å². The number of anilines is 1. The van der Waals surface area contributed by atoms with Crippen molar-refractivity contribution in [2.75, 3.05) is 23.9 Å². The summed E-state index contributed by atoms with van der Waals surface area (Å²) < 4.78 is 5.38. The van der Waals surface area contributed by atoms with Crippen molar-refractivity contribution in [1.82, 2.24) is 0 Å². The second-order valence-corrected chi connectivity index (χ2v) is 4.23. The smallest absolute Gasteiger partial charge is 0.265 e. The topological polar surface area (TPSA) is 29.5 Å². The van der Waals surface area contributed by atoms with Gasteiger partial charge in [-0.3, -0.25) is 4.79 Å². The molecule has 0 saturated heterocycles. The Bertz CT molecular complexity index is 406. The molecule has 0 aromatic heterocycles. The molecule has 1 aliphatic rings. The summed E-state index contributed by atoms with van der Waals surface area (Å²) in [5, 5.41) is 0. The van der Waals surface area contributed by atoms with Gasteiger partial charge in [0.25, 0.3) is 5.91 Å². The first-order valence-corrected chi connectivity index (χ1v) is 5.85. The molecule has 1 aliphatic heterocycles. The molecular formula is C12H14ClNO2. The van der Waals surface area contributed by atoms with Crippen LogP contribution >= 0.6 is 11.6 Å². The van der Waals surface area contributed by atoms with Crippen molar-refractivity contribution in [3.05, 3.63) is 23.8 Å². The second kappa shape index (κ2) is 4.74. The SMILES string of the molecule is Cc1ccc2c(c1)N(CCCCl)C(=O)CO2. The standard InChI is InChI=1S/C12H14ClNO2/c1-9-3-4-11-10(7-9)14(6-2-5-13)12(15)8-16-11/h3-4,7H,2,5-6,8H2,1H3. The van der Waals surface area contributed by atoms with Crippen LogP contribution in [-0.2, 0) is 4.79 Å². The Labute approximate surface area is 100.0 Å². The van der Waals surface area contributed by atoms with Crippen molar-refractivity contribution < 1.29 is 9.53 Å². The number of carbonyl (C=O) groups is 1. The Morgan fingerprint density at radius 3 is 3.06 bits per heavy atom. The van der Waals surface area contributed by atoms with Gasteiger partial charge in [0, 0.05) is 12.4 Å². The van der Waals surface area contributed by atoms with E-state index in [1.165, 1.54) is 0 Å². The average Bonchev–Trinajstić information content (AvgIpc) is 2.28. The van der Waals surface area contributed by atoms with E-state index >= 15 is 0 Å². The van der Waals surface area contributed by atoms with Crippen LogP contribution < -0.4 is 9.64 Å². The van der Waals surface area contributed by atoms with E-state index in [1.807, 2.05) is 25.1 Å². The quantitative estimate of drug-likeness (QED) is 0.758. The molecule has 0 aliphatic carbocycles. The highest BCUT2D eigenvalue weighted by molar-refractivity contribution is 6.17. The number of nitrogens with zero attached hydrogens (tertiary/aromatic N) is 1. The molecule has 0 unspecified atom stereocenters. The van der Waals surface area contributed by atoms with Gasteiger partial charge >= 0.3 is 0 Å².